The van der Waals surface area contributed by atoms with E-state index < -0.39 is 18.5 Å². The van der Waals surface area contributed by atoms with Crippen LogP contribution >= 0.6 is 0 Å². The van der Waals surface area contributed by atoms with E-state index in [2.05, 4.69) is 25.2 Å². The molecule has 1 amide bonds. The molecule has 2 aromatic rings. The Bertz CT molecular complexity index is 714. The molecule has 1 saturated heterocycles. The second kappa shape index (κ2) is 6.66. The first-order valence-electron chi connectivity index (χ1n) is 7.79. The second-order valence-corrected chi connectivity index (χ2v) is 5.99. The maximum atomic E-state index is 12.2. The number of halogens is 3. The third kappa shape index (κ3) is 3.95. The van der Waals surface area contributed by atoms with E-state index in [1.54, 1.807) is 6.20 Å². The molecule has 0 bridgehead atoms. The molecule has 2 aromatic heterocycles. The number of amides is 1. The molecular weight excluding hydrogens is 323 g/mol. The van der Waals surface area contributed by atoms with E-state index in [4.69, 9.17) is 0 Å². The van der Waals surface area contributed by atoms with Crippen molar-refractivity contribution in [1.82, 2.24) is 20.3 Å². The molecule has 24 heavy (non-hydrogen) atoms. The van der Waals surface area contributed by atoms with Crippen molar-refractivity contribution < 1.29 is 18.0 Å². The van der Waals surface area contributed by atoms with Gasteiger partial charge in [0.15, 0.2) is 0 Å². The van der Waals surface area contributed by atoms with Gasteiger partial charge >= 0.3 is 6.18 Å². The van der Waals surface area contributed by atoms with Crippen LogP contribution in [0.15, 0.2) is 18.6 Å². The van der Waals surface area contributed by atoms with Crippen molar-refractivity contribution in [2.24, 2.45) is 5.92 Å². The summed E-state index contributed by atoms with van der Waals surface area (Å²) < 4.78 is 36.6. The van der Waals surface area contributed by atoms with Crippen LogP contribution < -0.4 is 10.2 Å². The van der Waals surface area contributed by atoms with Crippen molar-refractivity contribution in [3.63, 3.8) is 0 Å². The lowest BCUT2D eigenvalue weighted by atomic mass is 9.97. The SMILES string of the molecule is O=C(CC(F)(F)F)NCC1CCCN(c2ncnc3[nH]ccc23)C1. The first kappa shape index (κ1) is 16.5. The molecule has 9 heteroatoms. The number of fused-ring (bicyclic) bond motifs is 1. The first-order chi connectivity index (χ1) is 11.4. The summed E-state index contributed by atoms with van der Waals surface area (Å²) in [6.07, 6.45) is -0.854. The predicted octanol–water partition coefficient (Wildman–Crippen LogP) is 2.24. The Kier molecular flexibility index (Phi) is 4.59. The highest BCUT2D eigenvalue weighted by Gasteiger charge is 2.31. The number of hydrogen-bond donors (Lipinski definition) is 2. The van der Waals surface area contributed by atoms with Crippen molar-refractivity contribution >= 4 is 22.8 Å². The number of carbonyl (C=O) groups is 1. The maximum Gasteiger partial charge on any atom is 0.397 e. The van der Waals surface area contributed by atoms with E-state index in [1.807, 2.05) is 6.07 Å². The molecule has 0 spiro atoms. The minimum atomic E-state index is -4.47. The lowest BCUT2D eigenvalue weighted by Crippen LogP contribution is -2.42. The lowest BCUT2D eigenvalue weighted by molar-refractivity contribution is -0.153. The highest BCUT2D eigenvalue weighted by Crippen LogP contribution is 2.27. The van der Waals surface area contributed by atoms with E-state index in [0.717, 1.165) is 36.2 Å². The van der Waals surface area contributed by atoms with Gasteiger partial charge in [-0.25, -0.2) is 9.97 Å². The van der Waals surface area contributed by atoms with Crippen LogP contribution in [0, 0.1) is 5.92 Å². The Morgan fingerprint density at radius 3 is 3.04 bits per heavy atom. The minimum Gasteiger partial charge on any atom is -0.356 e. The lowest BCUT2D eigenvalue weighted by Gasteiger charge is -2.34. The molecule has 0 radical (unpaired) electrons. The molecule has 1 unspecified atom stereocenters. The zero-order valence-corrected chi connectivity index (χ0v) is 12.9. The van der Waals surface area contributed by atoms with Gasteiger partial charge in [-0.05, 0) is 24.8 Å². The number of nitrogens with one attached hydrogen (secondary N) is 2. The quantitative estimate of drug-likeness (QED) is 0.894. The van der Waals surface area contributed by atoms with Crippen LogP contribution in [0.1, 0.15) is 19.3 Å². The maximum absolute atomic E-state index is 12.2. The number of aromatic nitrogens is 3. The predicted molar refractivity (Wildman–Crippen MR) is 82.5 cm³/mol. The fraction of sp³-hybridized carbons (Fsp3) is 0.533. The molecule has 1 atom stereocenters. The van der Waals surface area contributed by atoms with Crippen molar-refractivity contribution in [1.29, 1.82) is 0 Å². The van der Waals surface area contributed by atoms with Crippen LogP contribution in [0.2, 0.25) is 0 Å². The zero-order chi connectivity index (χ0) is 17.2. The number of nitrogens with zero attached hydrogens (tertiary/aromatic N) is 3. The Labute approximate surface area is 136 Å². The van der Waals surface area contributed by atoms with E-state index in [9.17, 15) is 18.0 Å². The van der Waals surface area contributed by atoms with Crippen LogP contribution in [0.3, 0.4) is 0 Å². The highest BCUT2D eigenvalue weighted by atomic mass is 19.4. The number of alkyl halides is 3. The molecule has 6 nitrogen and oxygen atoms in total. The summed E-state index contributed by atoms with van der Waals surface area (Å²) in [7, 11) is 0. The van der Waals surface area contributed by atoms with Gasteiger partial charge < -0.3 is 15.2 Å². The van der Waals surface area contributed by atoms with Gasteiger partial charge in [-0.15, -0.1) is 0 Å². The Morgan fingerprint density at radius 1 is 1.42 bits per heavy atom. The van der Waals surface area contributed by atoms with Crippen LogP contribution in [-0.2, 0) is 4.79 Å². The molecule has 2 N–H and O–H groups in total. The number of hydrogen-bond acceptors (Lipinski definition) is 4. The third-order valence-corrected chi connectivity index (χ3v) is 4.10. The Hall–Kier alpha value is -2.32. The van der Waals surface area contributed by atoms with Crippen LogP contribution in [-0.4, -0.2) is 46.7 Å². The van der Waals surface area contributed by atoms with Gasteiger partial charge in [0.1, 0.15) is 24.2 Å². The summed E-state index contributed by atoms with van der Waals surface area (Å²) in [6, 6.07) is 1.90. The second-order valence-electron chi connectivity index (χ2n) is 5.99. The number of aromatic amines is 1. The summed E-state index contributed by atoms with van der Waals surface area (Å²) >= 11 is 0. The molecule has 0 aromatic carbocycles. The average Bonchev–Trinajstić information content (AvgIpc) is 3.00. The zero-order valence-electron chi connectivity index (χ0n) is 12.9. The van der Waals surface area contributed by atoms with Crippen molar-refractivity contribution in [3.05, 3.63) is 18.6 Å². The van der Waals surface area contributed by atoms with Crippen molar-refractivity contribution in [3.8, 4) is 0 Å². The van der Waals surface area contributed by atoms with Gasteiger partial charge in [-0.3, -0.25) is 4.79 Å². The Balaban J connectivity index is 1.61. The molecule has 3 rings (SSSR count). The summed E-state index contributed by atoms with van der Waals surface area (Å²) in [6.45, 7) is 1.71. The minimum absolute atomic E-state index is 0.0971. The molecule has 1 aliphatic heterocycles. The molecule has 1 aliphatic rings. The van der Waals surface area contributed by atoms with E-state index in [-0.39, 0.29) is 12.5 Å². The first-order valence-corrected chi connectivity index (χ1v) is 7.79. The van der Waals surface area contributed by atoms with Crippen LogP contribution in [0.25, 0.3) is 11.0 Å². The number of rotatable bonds is 4. The van der Waals surface area contributed by atoms with Gasteiger partial charge in [0.2, 0.25) is 5.91 Å². The van der Waals surface area contributed by atoms with Crippen molar-refractivity contribution in [2.75, 3.05) is 24.5 Å². The van der Waals surface area contributed by atoms with Gasteiger partial charge in [0, 0.05) is 25.8 Å². The average molecular weight is 341 g/mol. The number of piperidine rings is 1. The molecule has 1 fully saturated rings. The normalized spacial score (nSPS) is 18.8. The van der Waals surface area contributed by atoms with Gasteiger partial charge in [0.05, 0.1) is 5.39 Å². The number of anilines is 1. The summed E-state index contributed by atoms with van der Waals surface area (Å²) in [5.41, 5.74) is 0.751. The van der Waals surface area contributed by atoms with E-state index in [1.165, 1.54) is 6.33 Å². The molecular formula is C15H18F3N5O. The largest absolute Gasteiger partial charge is 0.397 e. The fourth-order valence-electron chi connectivity index (χ4n) is 3.04. The monoisotopic (exact) mass is 341 g/mol. The molecule has 0 aliphatic carbocycles. The summed E-state index contributed by atoms with van der Waals surface area (Å²) in [5.74, 6) is -0.0675. The van der Waals surface area contributed by atoms with Gasteiger partial charge in [-0.2, -0.15) is 13.2 Å². The van der Waals surface area contributed by atoms with Gasteiger partial charge in [0.25, 0.3) is 0 Å². The van der Waals surface area contributed by atoms with E-state index in [0.29, 0.717) is 6.54 Å². The third-order valence-electron chi connectivity index (χ3n) is 4.10. The van der Waals surface area contributed by atoms with Gasteiger partial charge in [-0.1, -0.05) is 0 Å². The molecule has 0 saturated carbocycles. The number of carbonyl (C=O) groups excluding carboxylic acids is 1. The van der Waals surface area contributed by atoms with Crippen LogP contribution in [0.5, 0.6) is 0 Å². The fourth-order valence-corrected chi connectivity index (χ4v) is 3.04. The topological polar surface area (TPSA) is 73.9 Å². The molecule has 3 heterocycles. The Morgan fingerprint density at radius 2 is 2.25 bits per heavy atom. The number of H-pyrrole nitrogens is 1. The summed E-state index contributed by atoms with van der Waals surface area (Å²) in [5, 5.41) is 3.30. The van der Waals surface area contributed by atoms with E-state index >= 15 is 0 Å². The van der Waals surface area contributed by atoms with Crippen molar-refractivity contribution in [2.45, 2.75) is 25.4 Å². The highest BCUT2D eigenvalue weighted by molar-refractivity contribution is 5.87. The summed E-state index contributed by atoms with van der Waals surface area (Å²) in [4.78, 5) is 24.9. The molecule has 130 valence electrons. The smallest absolute Gasteiger partial charge is 0.356 e. The standard InChI is InChI=1S/C15H18F3N5O/c16-15(17,18)6-12(24)20-7-10-2-1-5-23(8-10)14-11-3-4-19-13(11)21-9-22-14/h3-4,9-10H,1-2,5-8H2,(H,20,24)(H,19,21,22). The van der Waals surface area contributed by atoms with Crippen LogP contribution in [0.4, 0.5) is 19.0 Å².